The van der Waals surface area contributed by atoms with E-state index >= 15 is 0 Å². The molecular weight excluding hydrogens is 178 g/mol. The predicted octanol–water partition coefficient (Wildman–Crippen LogP) is 1.66. The summed E-state index contributed by atoms with van der Waals surface area (Å²) in [5.41, 5.74) is 0. The lowest BCUT2D eigenvalue weighted by Gasteiger charge is -2.20. The van der Waals surface area contributed by atoms with Crippen molar-refractivity contribution in [1.29, 1.82) is 0 Å². The number of rotatable bonds is 2. The molecule has 0 bridgehead atoms. The molecular formula is C11H21NO2. The summed E-state index contributed by atoms with van der Waals surface area (Å²) in [6.45, 7) is 5.45. The van der Waals surface area contributed by atoms with Crippen LogP contribution >= 0.6 is 0 Å². The van der Waals surface area contributed by atoms with Crippen LogP contribution in [-0.2, 0) is 9.59 Å². The molecule has 0 radical (unpaired) electrons. The molecule has 1 rings (SSSR count). The van der Waals surface area contributed by atoms with Crippen LogP contribution in [0.25, 0.3) is 0 Å². The minimum Gasteiger partial charge on any atom is -0.306 e. The third kappa shape index (κ3) is 9.39. The van der Waals surface area contributed by atoms with E-state index in [1.807, 2.05) is 0 Å². The van der Waals surface area contributed by atoms with Crippen molar-refractivity contribution < 1.29 is 9.59 Å². The predicted molar refractivity (Wildman–Crippen MR) is 57.3 cm³/mol. The first-order valence-corrected chi connectivity index (χ1v) is 5.20. The van der Waals surface area contributed by atoms with E-state index in [1.165, 1.54) is 46.2 Å². The van der Waals surface area contributed by atoms with Crippen LogP contribution in [0.15, 0.2) is 0 Å². The van der Waals surface area contributed by atoms with E-state index in [1.54, 1.807) is 0 Å². The summed E-state index contributed by atoms with van der Waals surface area (Å²) >= 11 is 0. The fraction of sp³-hybridized carbons (Fsp3) is 0.818. The van der Waals surface area contributed by atoms with Gasteiger partial charge in [0.15, 0.2) is 0 Å². The zero-order valence-corrected chi connectivity index (χ0v) is 9.51. The van der Waals surface area contributed by atoms with Crippen molar-refractivity contribution in [1.82, 2.24) is 4.90 Å². The number of likely N-dealkylation sites (tertiary alicyclic amines) is 1. The van der Waals surface area contributed by atoms with E-state index in [0.717, 1.165) is 0 Å². The van der Waals surface area contributed by atoms with Crippen LogP contribution in [0.5, 0.6) is 0 Å². The van der Waals surface area contributed by atoms with Crippen molar-refractivity contribution in [3.63, 3.8) is 0 Å². The van der Waals surface area contributed by atoms with Crippen LogP contribution in [0.3, 0.4) is 0 Å². The van der Waals surface area contributed by atoms with Crippen LogP contribution in [0.1, 0.15) is 39.5 Å². The Hall–Kier alpha value is -0.700. The molecule has 0 aliphatic carbocycles. The molecule has 0 spiro atoms. The summed E-state index contributed by atoms with van der Waals surface area (Å²) in [5, 5.41) is 0. The van der Waals surface area contributed by atoms with Crippen molar-refractivity contribution in [3.8, 4) is 0 Å². The topological polar surface area (TPSA) is 37.4 Å². The molecule has 0 aromatic rings. The second kappa shape index (κ2) is 7.68. The Labute approximate surface area is 86.5 Å². The first kappa shape index (κ1) is 13.3. The van der Waals surface area contributed by atoms with Crippen LogP contribution < -0.4 is 0 Å². The quantitative estimate of drug-likeness (QED) is 0.635. The highest BCUT2D eigenvalue weighted by atomic mass is 16.1. The van der Waals surface area contributed by atoms with Gasteiger partial charge in [-0.25, -0.2) is 0 Å². The zero-order valence-electron chi connectivity index (χ0n) is 9.51. The van der Waals surface area contributed by atoms with Crippen LogP contribution in [0.4, 0.5) is 0 Å². The maximum Gasteiger partial charge on any atom is 0.137 e. The molecule has 1 heterocycles. The average molecular weight is 199 g/mol. The molecule has 0 N–H and O–H groups in total. The van der Waals surface area contributed by atoms with Gasteiger partial charge in [0.1, 0.15) is 11.6 Å². The Morgan fingerprint density at radius 1 is 1.00 bits per heavy atom. The molecule has 0 saturated carbocycles. The molecule has 0 aromatic heterocycles. The van der Waals surface area contributed by atoms with Gasteiger partial charge in [0.25, 0.3) is 0 Å². The average Bonchev–Trinajstić information content (AvgIpc) is 2.03. The smallest absolute Gasteiger partial charge is 0.137 e. The number of ketones is 2. The van der Waals surface area contributed by atoms with Crippen LogP contribution in [-0.4, -0.2) is 36.6 Å². The maximum atomic E-state index is 10.0. The van der Waals surface area contributed by atoms with Crippen LogP contribution in [0, 0.1) is 0 Å². The number of Topliss-reactive ketones (excluding diaryl/α,β-unsaturated/α-hetero) is 2. The standard InChI is InChI=1S/C6H13N.C5H8O2/c1-7-5-3-2-4-6-7;1-4(6)3-5(2)7/h2-6H2,1H3;3H2,1-2H3. The number of carbonyl (C=O) groups is 2. The summed E-state index contributed by atoms with van der Waals surface area (Å²) in [4.78, 5) is 22.5. The number of piperidine rings is 1. The highest BCUT2D eigenvalue weighted by molar-refractivity contribution is 5.96. The summed E-state index contributed by atoms with van der Waals surface area (Å²) in [5.74, 6) is -0.125. The summed E-state index contributed by atoms with van der Waals surface area (Å²) in [6, 6.07) is 0. The third-order valence-electron chi connectivity index (χ3n) is 2.08. The van der Waals surface area contributed by atoms with E-state index in [-0.39, 0.29) is 18.0 Å². The lowest BCUT2D eigenvalue weighted by atomic mass is 10.1. The van der Waals surface area contributed by atoms with Gasteiger partial charge in [-0.15, -0.1) is 0 Å². The fourth-order valence-electron chi connectivity index (χ4n) is 1.40. The molecule has 0 aromatic carbocycles. The summed E-state index contributed by atoms with van der Waals surface area (Å²) < 4.78 is 0. The van der Waals surface area contributed by atoms with Gasteiger partial charge in [-0.3, -0.25) is 9.59 Å². The van der Waals surface area contributed by atoms with Crippen molar-refractivity contribution in [2.24, 2.45) is 0 Å². The SMILES string of the molecule is CC(=O)CC(C)=O.CN1CCCCC1. The largest absolute Gasteiger partial charge is 0.306 e. The van der Waals surface area contributed by atoms with Gasteiger partial charge in [-0.2, -0.15) is 0 Å². The van der Waals surface area contributed by atoms with E-state index in [0.29, 0.717) is 0 Å². The van der Waals surface area contributed by atoms with Crippen molar-refractivity contribution in [2.75, 3.05) is 20.1 Å². The fourth-order valence-corrected chi connectivity index (χ4v) is 1.40. The first-order valence-electron chi connectivity index (χ1n) is 5.20. The van der Waals surface area contributed by atoms with Gasteiger partial charge >= 0.3 is 0 Å². The third-order valence-corrected chi connectivity index (χ3v) is 2.08. The number of nitrogens with zero attached hydrogens (tertiary/aromatic N) is 1. The van der Waals surface area contributed by atoms with E-state index in [2.05, 4.69) is 11.9 Å². The van der Waals surface area contributed by atoms with E-state index < -0.39 is 0 Å². The van der Waals surface area contributed by atoms with Gasteiger partial charge in [-0.05, 0) is 46.8 Å². The van der Waals surface area contributed by atoms with Crippen molar-refractivity contribution in [3.05, 3.63) is 0 Å². The van der Waals surface area contributed by atoms with Crippen molar-refractivity contribution >= 4 is 11.6 Å². The minimum atomic E-state index is -0.0625. The molecule has 0 unspecified atom stereocenters. The minimum absolute atomic E-state index is 0.0625. The molecule has 1 saturated heterocycles. The molecule has 1 aliphatic heterocycles. The lowest BCUT2D eigenvalue weighted by molar-refractivity contribution is -0.124. The molecule has 82 valence electrons. The number of hydrogen-bond donors (Lipinski definition) is 0. The first-order chi connectivity index (χ1) is 6.52. The Balaban J connectivity index is 0.000000241. The highest BCUT2D eigenvalue weighted by Crippen LogP contribution is 2.04. The summed E-state index contributed by atoms with van der Waals surface area (Å²) in [7, 11) is 2.19. The van der Waals surface area contributed by atoms with Gasteiger partial charge in [-0.1, -0.05) is 6.42 Å². The second-order valence-corrected chi connectivity index (χ2v) is 3.94. The zero-order chi connectivity index (χ0) is 11.0. The Bertz CT molecular complexity index is 172. The molecule has 0 amide bonds. The molecule has 14 heavy (non-hydrogen) atoms. The van der Waals surface area contributed by atoms with Gasteiger partial charge < -0.3 is 4.90 Å². The highest BCUT2D eigenvalue weighted by Gasteiger charge is 2.02. The normalized spacial score (nSPS) is 16.8. The molecule has 0 atom stereocenters. The molecule has 1 fully saturated rings. The number of carbonyl (C=O) groups excluding carboxylic acids is 2. The number of hydrogen-bond acceptors (Lipinski definition) is 3. The van der Waals surface area contributed by atoms with Gasteiger partial charge in [0.2, 0.25) is 0 Å². The van der Waals surface area contributed by atoms with E-state index in [9.17, 15) is 9.59 Å². The van der Waals surface area contributed by atoms with Gasteiger partial charge in [0.05, 0.1) is 6.42 Å². The maximum absolute atomic E-state index is 10.0. The molecule has 3 heteroatoms. The van der Waals surface area contributed by atoms with Crippen molar-refractivity contribution in [2.45, 2.75) is 39.5 Å². The summed E-state index contributed by atoms with van der Waals surface area (Å²) in [6.07, 6.45) is 4.36. The molecule has 1 aliphatic rings. The second-order valence-electron chi connectivity index (χ2n) is 3.94. The Kier molecular flexibility index (Phi) is 7.30. The Morgan fingerprint density at radius 3 is 1.57 bits per heavy atom. The van der Waals surface area contributed by atoms with Crippen LogP contribution in [0.2, 0.25) is 0 Å². The Morgan fingerprint density at radius 2 is 1.43 bits per heavy atom. The monoisotopic (exact) mass is 199 g/mol. The van der Waals surface area contributed by atoms with E-state index in [4.69, 9.17) is 0 Å². The molecule has 3 nitrogen and oxygen atoms in total. The lowest BCUT2D eigenvalue weighted by Crippen LogP contribution is -2.24. The van der Waals surface area contributed by atoms with Gasteiger partial charge in [0, 0.05) is 0 Å².